The van der Waals surface area contributed by atoms with E-state index in [9.17, 15) is 4.79 Å². The van der Waals surface area contributed by atoms with Crippen molar-refractivity contribution < 1.29 is 9.53 Å². The van der Waals surface area contributed by atoms with Crippen LogP contribution in [0.1, 0.15) is 35.4 Å². The molecule has 1 aromatic carbocycles. The highest BCUT2D eigenvalue weighted by Gasteiger charge is 2.15. The van der Waals surface area contributed by atoms with Crippen LogP contribution in [-0.4, -0.2) is 17.6 Å². The number of amides is 1. The zero-order chi connectivity index (χ0) is 14.5. The summed E-state index contributed by atoms with van der Waals surface area (Å²) in [6, 6.07) is 11.5. The van der Waals surface area contributed by atoms with Crippen LogP contribution >= 0.6 is 0 Å². The van der Waals surface area contributed by atoms with Crippen LogP contribution in [0.25, 0.3) is 0 Å². The lowest BCUT2D eigenvalue weighted by molar-refractivity contribution is 0.0927. The van der Waals surface area contributed by atoms with Crippen molar-refractivity contribution in [2.75, 3.05) is 7.11 Å². The third-order valence-electron chi connectivity index (χ3n) is 3.41. The standard InChI is InChI=1S/C16H20N2O2/c1-4-14(12-7-9-13(20-3)10-8-12)17-16(19)15-6-5-11-18(15)2/h5-11,14H,4H2,1-3H3,(H,17,19). The van der Waals surface area contributed by atoms with Crippen molar-refractivity contribution in [1.82, 2.24) is 9.88 Å². The Hall–Kier alpha value is -2.23. The molecule has 1 atom stereocenters. The fourth-order valence-electron chi connectivity index (χ4n) is 2.19. The molecule has 4 nitrogen and oxygen atoms in total. The molecule has 1 amide bonds. The van der Waals surface area contributed by atoms with E-state index < -0.39 is 0 Å². The first-order valence-electron chi connectivity index (χ1n) is 6.71. The summed E-state index contributed by atoms with van der Waals surface area (Å²) in [6.45, 7) is 2.06. The quantitative estimate of drug-likeness (QED) is 0.909. The third-order valence-corrected chi connectivity index (χ3v) is 3.41. The predicted octanol–water partition coefficient (Wildman–Crippen LogP) is 2.91. The monoisotopic (exact) mass is 272 g/mol. The summed E-state index contributed by atoms with van der Waals surface area (Å²) in [4.78, 5) is 12.2. The van der Waals surface area contributed by atoms with Crippen molar-refractivity contribution in [3.63, 3.8) is 0 Å². The van der Waals surface area contributed by atoms with Gasteiger partial charge in [-0.1, -0.05) is 19.1 Å². The molecule has 0 saturated carbocycles. The van der Waals surface area contributed by atoms with Crippen LogP contribution in [0.2, 0.25) is 0 Å². The minimum atomic E-state index is -0.0554. The highest BCUT2D eigenvalue weighted by Crippen LogP contribution is 2.20. The van der Waals surface area contributed by atoms with Gasteiger partial charge in [0.05, 0.1) is 13.2 Å². The van der Waals surface area contributed by atoms with E-state index in [4.69, 9.17) is 4.74 Å². The Labute approximate surface area is 119 Å². The summed E-state index contributed by atoms with van der Waals surface area (Å²) in [5.74, 6) is 0.762. The Balaban J connectivity index is 2.12. The van der Waals surface area contributed by atoms with Crippen molar-refractivity contribution in [1.29, 1.82) is 0 Å². The molecule has 1 N–H and O–H groups in total. The molecule has 2 aromatic rings. The number of aryl methyl sites for hydroxylation is 1. The Morgan fingerprint density at radius 1 is 1.30 bits per heavy atom. The molecule has 0 aliphatic carbocycles. The van der Waals surface area contributed by atoms with Gasteiger partial charge in [0.2, 0.25) is 0 Å². The van der Waals surface area contributed by atoms with E-state index in [0.29, 0.717) is 5.69 Å². The first kappa shape index (κ1) is 14.2. The van der Waals surface area contributed by atoms with E-state index in [2.05, 4.69) is 12.2 Å². The lowest BCUT2D eigenvalue weighted by Gasteiger charge is -2.18. The SMILES string of the molecule is CCC(NC(=O)c1cccn1C)c1ccc(OC)cc1. The smallest absolute Gasteiger partial charge is 0.268 e. The molecule has 0 aliphatic rings. The lowest BCUT2D eigenvalue weighted by atomic mass is 10.0. The van der Waals surface area contributed by atoms with E-state index in [1.807, 2.05) is 54.2 Å². The van der Waals surface area contributed by atoms with Crippen LogP contribution in [-0.2, 0) is 7.05 Å². The van der Waals surface area contributed by atoms with E-state index in [1.165, 1.54) is 0 Å². The number of carbonyl (C=O) groups is 1. The minimum absolute atomic E-state index is 0.00306. The van der Waals surface area contributed by atoms with E-state index >= 15 is 0 Å². The van der Waals surface area contributed by atoms with Gasteiger partial charge in [-0.3, -0.25) is 4.79 Å². The fraction of sp³-hybridized carbons (Fsp3) is 0.312. The second-order valence-electron chi connectivity index (χ2n) is 4.71. The first-order chi connectivity index (χ1) is 9.65. The third kappa shape index (κ3) is 3.02. The van der Waals surface area contributed by atoms with Crippen LogP contribution in [0.3, 0.4) is 0 Å². The van der Waals surface area contributed by atoms with Gasteiger partial charge >= 0.3 is 0 Å². The van der Waals surface area contributed by atoms with Gasteiger partial charge in [0.1, 0.15) is 11.4 Å². The number of carbonyl (C=O) groups excluding carboxylic acids is 1. The number of benzene rings is 1. The van der Waals surface area contributed by atoms with E-state index in [0.717, 1.165) is 17.7 Å². The molecule has 0 saturated heterocycles. The van der Waals surface area contributed by atoms with E-state index in [-0.39, 0.29) is 11.9 Å². The summed E-state index contributed by atoms with van der Waals surface area (Å²) in [5, 5.41) is 3.06. The predicted molar refractivity (Wildman–Crippen MR) is 78.9 cm³/mol. The second kappa shape index (κ2) is 6.28. The normalized spacial score (nSPS) is 11.9. The Morgan fingerprint density at radius 2 is 2.00 bits per heavy atom. The molecule has 0 aliphatic heterocycles. The number of rotatable bonds is 5. The highest BCUT2D eigenvalue weighted by molar-refractivity contribution is 5.93. The lowest BCUT2D eigenvalue weighted by Crippen LogP contribution is -2.29. The zero-order valence-electron chi connectivity index (χ0n) is 12.1. The fourth-order valence-corrected chi connectivity index (χ4v) is 2.19. The molecule has 4 heteroatoms. The van der Waals surface area contributed by atoms with Gasteiger partial charge in [0.25, 0.3) is 5.91 Å². The van der Waals surface area contributed by atoms with Gasteiger partial charge in [0.15, 0.2) is 0 Å². The summed E-state index contributed by atoms with van der Waals surface area (Å²) in [5.41, 5.74) is 1.74. The molecular weight excluding hydrogens is 252 g/mol. The summed E-state index contributed by atoms with van der Waals surface area (Å²) in [6.07, 6.45) is 2.70. The van der Waals surface area contributed by atoms with Crippen molar-refractivity contribution in [3.05, 3.63) is 53.9 Å². The minimum Gasteiger partial charge on any atom is -0.497 e. The van der Waals surface area contributed by atoms with Gasteiger partial charge in [-0.05, 0) is 36.2 Å². The topological polar surface area (TPSA) is 43.3 Å². The maximum Gasteiger partial charge on any atom is 0.268 e. The number of ether oxygens (including phenoxy) is 1. The summed E-state index contributed by atoms with van der Waals surface area (Å²) < 4.78 is 6.96. The molecular formula is C16H20N2O2. The molecule has 1 heterocycles. The maximum absolute atomic E-state index is 12.2. The molecule has 0 fully saturated rings. The number of nitrogens with zero attached hydrogens (tertiary/aromatic N) is 1. The van der Waals surface area contributed by atoms with Crippen molar-refractivity contribution in [3.8, 4) is 5.75 Å². The van der Waals surface area contributed by atoms with Gasteiger partial charge in [-0.25, -0.2) is 0 Å². The molecule has 0 radical (unpaired) electrons. The van der Waals surface area contributed by atoms with Gasteiger partial charge in [0, 0.05) is 13.2 Å². The zero-order valence-corrected chi connectivity index (χ0v) is 12.1. The van der Waals surface area contributed by atoms with Crippen LogP contribution < -0.4 is 10.1 Å². The number of hydrogen-bond acceptors (Lipinski definition) is 2. The van der Waals surface area contributed by atoms with Gasteiger partial charge in [-0.15, -0.1) is 0 Å². The molecule has 1 unspecified atom stereocenters. The molecule has 0 bridgehead atoms. The molecule has 20 heavy (non-hydrogen) atoms. The Morgan fingerprint density at radius 3 is 2.50 bits per heavy atom. The van der Waals surface area contributed by atoms with Crippen molar-refractivity contribution in [2.45, 2.75) is 19.4 Å². The number of aromatic nitrogens is 1. The average Bonchev–Trinajstić information content (AvgIpc) is 2.91. The number of methoxy groups -OCH3 is 1. The average molecular weight is 272 g/mol. The molecule has 1 aromatic heterocycles. The summed E-state index contributed by atoms with van der Waals surface area (Å²) in [7, 11) is 3.51. The van der Waals surface area contributed by atoms with Crippen molar-refractivity contribution >= 4 is 5.91 Å². The molecule has 2 rings (SSSR count). The maximum atomic E-state index is 12.2. The van der Waals surface area contributed by atoms with Crippen LogP contribution in [0.4, 0.5) is 0 Å². The first-order valence-corrected chi connectivity index (χ1v) is 6.71. The Bertz CT molecular complexity index is 572. The van der Waals surface area contributed by atoms with Gasteiger partial charge < -0.3 is 14.6 Å². The Kier molecular flexibility index (Phi) is 4.45. The molecule has 0 spiro atoms. The molecule has 106 valence electrons. The van der Waals surface area contributed by atoms with E-state index in [1.54, 1.807) is 7.11 Å². The van der Waals surface area contributed by atoms with Crippen LogP contribution in [0, 0.1) is 0 Å². The van der Waals surface area contributed by atoms with Crippen molar-refractivity contribution in [2.24, 2.45) is 7.05 Å². The largest absolute Gasteiger partial charge is 0.497 e. The number of hydrogen-bond donors (Lipinski definition) is 1. The second-order valence-corrected chi connectivity index (χ2v) is 4.71. The van der Waals surface area contributed by atoms with Gasteiger partial charge in [-0.2, -0.15) is 0 Å². The highest BCUT2D eigenvalue weighted by atomic mass is 16.5. The summed E-state index contributed by atoms with van der Waals surface area (Å²) >= 11 is 0. The van der Waals surface area contributed by atoms with Crippen LogP contribution in [0.5, 0.6) is 5.75 Å². The number of nitrogens with one attached hydrogen (secondary N) is 1. The van der Waals surface area contributed by atoms with Crippen LogP contribution in [0.15, 0.2) is 42.6 Å².